The minimum absolute atomic E-state index is 0.0862. The number of nitriles is 1. The summed E-state index contributed by atoms with van der Waals surface area (Å²) in [6.07, 6.45) is 7.86. The number of benzene rings is 2. The Morgan fingerprint density at radius 2 is 1.91 bits per heavy atom. The summed E-state index contributed by atoms with van der Waals surface area (Å²) in [6, 6.07) is 14.9. The summed E-state index contributed by atoms with van der Waals surface area (Å²) in [5.41, 5.74) is 10.0. The number of amides is 1. The van der Waals surface area contributed by atoms with Crippen molar-refractivity contribution in [2.45, 2.75) is 70.4 Å². The number of carbonyl (C=O) groups is 1. The van der Waals surface area contributed by atoms with Gasteiger partial charge in [-0.2, -0.15) is 10.4 Å². The van der Waals surface area contributed by atoms with E-state index in [1.807, 2.05) is 16.7 Å². The maximum absolute atomic E-state index is 14.9. The second kappa shape index (κ2) is 12.9. The first-order chi connectivity index (χ1) is 22.1. The van der Waals surface area contributed by atoms with Crippen LogP contribution in [0, 0.1) is 17.1 Å². The number of carbonyl (C=O) groups excluding carboxylic acids is 1. The number of nitrogens with zero attached hydrogens (tertiary/aromatic N) is 7. The van der Waals surface area contributed by atoms with Gasteiger partial charge < -0.3 is 15.0 Å². The summed E-state index contributed by atoms with van der Waals surface area (Å²) in [4.78, 5) is 27.1. The van der Waals surface area contributed by atoms with E-state index < -0.39 is 19.8 Å². The Balaban J connectivity index is 1.32. The molecule has 1 fully saturated rings. The molecule has 6 rings (SSSR count). The highest BCUT2D eigenvalue weighted by atomic mass is 28.3. The van der Waals surface area contributed by atoms with Crippen molar-refractivity contribution < 1.29 is 13.9 Å². The lowest BCUT2D eigenvalue weighted by Crippen LogP contribution is -2.22. The van der Waals surface area contributed by atoms with E-state index in [0.29, 0.717) is 45.8 Å². The number of hydrogen-bond donors (Lipinski definition) is 1. The zero-order valence-electron chi connectivity index (χ0n) is 26.3. The maximum atomic E-state index is 14.9. The summed E-state index contributed by atoms with van der Waals surface area (Å²) in [7, 11) is -1.28. The molecule has 10 nitrogen and oxygen atoms in total. The molecule has 236 valence electrons. The standard InChI is InChI=1S/C34H37FN8O2Si/c1-46(2,3)12-11-45-21-42-31-30(32(37)44)39-29(40-33(31)41-34(42)24-8-4-5-9-24)16-23-13-25(17-27(35)14-23)26-19-38-43(20-26)28-10-6-7-22(15-28)18-36/h6-7,10,13-15,17,19-20,24H,4-5,8-9,11-12,16,21H2,1-3H3,(H2,37,44). The number of fused-ring (bicyclic) bond motifs is 1. The Kier molecular flexibility index (Phi) is 8.79. The highest BCUT2D eigenvalue weighted by Crippen LogP contribution is 2.36. The SMILES string of the molecule is C[Si](C)(C)CCOCn1c(C2CCCC2)nc2nc(Cc3cc(F)cc(-c4cnn(-c5cccc(C#N)c5)c4)c3)nc(C(N)=O)c21. The van der Waals surface area contributed by atoms with Crippen molar-refractivity contribution >= 4 is 25.1 Å². The molecule has 3 heterocycles. The first kappa shape index (κ1) is 31.3. The second-order valence-corrected chi connectivity index (χ2v) is 18.7. The number of nitrogens with two attached hydrogens (primary N) is 1. The highest BCUT2D eigenvalue weighted by molar-refractivity contribution is 6.76. The number of ether oxygens (including phenoxy) is 1. The van der Waals surface area contributed by atoms with Crippen molar-refractivity contribution in [1.29, 1.82) is 5.26 Å². The summed E-state index contributed by atoms with van der Waals surface area (Å²) >= 11 is 0. The molecule has 0 saturated heterocycles. The lowest BCUT2D eigenvalue weighted by molar-refractivity contribution is 0.0867. The van der Waals surface area contributed by atoms with Gasteiger partial charge in [0.05, 0.1) is 23.5 Å². The molecule has 5 aromatic rings. The van der Waals surface area contributed by atoms with Gasteiger partial charge in [0, 0.05) is 38.8 Å². The van der Waals surface area contributed by atoms with E-state index in [1.54, 1.807) is 35.3 Å². The summed E-state index contributed by atoms with van der Waals surface area (Å²) in [5.74, 6) is 0.311. The van der Waals surface area contributed by atoms with Crippen LogP contribution in [0.5, 0.6) is 0 Å². The molecule has 0 radical (unpaired) electrons. The molecule has 1 amide bonds. The zero-order valence-corrected chi connectivity index (χ0v) is 27.3. The van der Waals surface area contributed by atoms with Crippen LogP contribution in [0.4, 0.5) is 4.39 Å². The quantitative estimate of drug-likeness (QED) is 0.132. The predicted molar refractivity (Wildman–Crippen MR) is 176 cm³/mol. The van der Waals surface area contributed by atoms with Gasteiger partial charge in [0.2, 0.25) is 0 Å². The molecular formula is C34H37FN8O2Si. The number of halogens is 1. The van der Waals surface area contributed by atoms with Gasteiger partial charge in [-0.1, -0.05) is 44.6 Å². The molecular weight excluding hydrogens is 600 g/mol. The van der Waals surface area contributed by atoms with E-state index in [-0.39, 0.29) is 24.8 Å². The smallest absolute Gasteiger partial charge is 0.269 e. The van der Waals surface area contributed by atoms with Crippen LogP contribution in [-0.4, -0.2) is 49.9 Å². The molecule has 46 heavy (non-hydrogen) atoms. The Hall–Kier alpha value is -4.73. The van der Waals surface area contributed by atoms with Gasteiger partial charge in [0.1, 0.15) is 29.7 Å². The van der Waals surface area contributed by atoms with Crippen LogP contribution in [0.2, 0.25) is 25.7 Å². The largest absolute Gasteiger partial charge is 0.364 e. The zero-order chi connectivity index (χ0) is 32.4. The van der Waals surface area contributed by atoms with Crippen molar-refractivity contribution in [2.75, 3.05) is 6.61 Å². The molecule has 0 unspecified atom stereocenters. The van der Waals surface area contributed by atoms with Crippen LogP contribution in [-0.2, 0) is 17.9 Å². The Morgan fingerprint density at radius 1 is 1.11 bits per heavy atom. The van der Waals surface area contributed by atoms with E-state index in [9.17, 15) is 14.4 Å². The second-order valence-electron chi connectivity index (χ2n) is 13.1. The molecule has 1 aliphatic carbocycles. The van der Waals surface area contributed by atoms with Crippen molar-refractivity contribution in [3.63, 3.8) is 0 Å². The molecule has 0 bridgehead atoms. The normalized spacial score (nSPS) is 13.8. The summed E-state index contributed by atoms with van der Waals surface area (Å²) < 4.78 is 24.6. The van der Waals surface area contributed by atoms with E-state index in [0.717, 1.165) is 43.2 Å². The van der Waals surface area contributed by atoms with E-state index in [4.69, 9.17) is 20.4 Å². The number of primary amides is 1. The van der Waals surface area contributed by atoms with Crippen LogP contribution >= 0.6 is 0 Å². The van der Waals surface area contributed by atoms with Crippen molar-refractivity contribution in [2.24, 2.45) is 5.73 Å². The highest BCUT2D eigenvalue weighted by Gasteiger charge is 2.28. The van der Waals surface area contributed by atoms with Crippen molar-refractivity contribution in [3.8, 4) is 22.9 Å². The number of imidazole rings is 1. The van der Waals surface area contributed by atoms with E-state index in [2.05, 4.69) is 35.8 Å². The predicted octanol–water partition coefficient (Wildman–Crippen LogP) is 6.35. The molecule has 12 heteroatoms. The first-order valence-electron chi connectivity index (χ1n) is 15.6. The first-order valence-corrected chi connectivity index (χ1v) is 19.3. The molecule has 3 aromatic heterocycles. The monoisotopic (exact) mass is 636 g/mol. The molecule has 0 spiro atoms. The average molecular weight is 637 g/mol. The Morgan fingerprint density at radius 3 is 2.65 bits per heavy atom. The molecule has 0 aliphatic heterocycles. The van der Waals surface area contributed by atoms with Gasteiger partial charge in [0.25, 0.3) is 5.91 Å². The molecule has 2 N–H and O–H groups in total. The van der Waals surface area contributed by atoms with Gasteiger partial charge in [-0.05, 0) is 60.3 Å². The lowest BCUT2D eigenvalue weighted by atomic mass is 10.0. The van der Waals surface area contributed by atoms with E-state index in [1.165, 1.54) is 12.1 Å². The fourth-order valence-corrected chi connectivity index (χ4v) is 6.70. The van der Waals surface area contributed by atoms with Crippen LogP contribution in [0.3, 0.4) is 0 Å². The molecule has 0 atom stereocenters. The lowest BCUT2D eigenvalue weighted by Gasteiger charge is -2.18. The fraction of sp³-hybridized carbons (Fsp3) is 0.353. The van der Waals surface area contributed by atoms with Crippen LogP contribution in [0.25, 0.3) is 28.0 Å². The Bertz CT molecular complexity index is 1950. The van der Waals surface area contributed by atoms with Crippen LogP contribution in [0.15, 0.2) is 54.9 Å². The maximum Gasteiger partial charge on any atom is 0.269 e. The molecule has 2 aromatic carbocycles. The van der Waals surface area contributed by atoms with Crippen LogP contribution < -0.4 is 5.73 Å². The van der Waals surface area contributed by atoms with Crippen molar-refractivity contribution in [3.05, 3.63) is 89.1 Å². The Labute approximate surface area is 268 Å². The van der Waals surface area contributed by atoms with Gasteiger partial charge in [-0.3, -0.25) is 4.79 Å². The van der Waals surface area contributed by atoms with Gasteiger partial charge in [-0.25, -0.2) is 24.0 Å². The molecule has 1 saturated carbocycles. The van der Waals surface area contributed by atoms with Crippen LogP contribution in [0.1, 0.15) is 64.9 Å². The van der Waals surface area contributed by atoms with Crippen molar-refractivity contribution in [1.82, 2.24) is 29.3 Å². The third-order valence-electron chi connectivity index (χ3n) is 8.32. The minimum Gasteiger partial charge on any atom is -0.364 e. The number of rotatable bonds is 11. The average Bonchev–Trinajstić information content (AvgIpc) is 3.79. The topological polar surface area (TPSA) is 138 Å². The number of hydrogen-bond acceptors (Lipinski definition) is 7. The van der Waals surface area contributed by atoms with Gasteiger partial charge in [0.15, 0.2) is 11.3 Å². The van der Waals surface area contributed by atoms with Gasteiger partial charge in [-0.15, -0.1) is 0 Å². The summed E-state index contributed by atoms with van der Waals surface area (Å²) in [6.45, 7) is 7.78. The fourth-order valence-electron chi connectivity index (χ4n) is 5.94. The minimum atomic E-state index is -1.28. The van der Waals surface area contributed by atoms with Gasteiger partial charge >= 0.3 is 0 Å². The third-order valence-corrected chi connectivity index (χ3v) is 10.0. The van der Waals surface area contributed by atoms with E-state index >= 15 is 0 Å². The molecule has 1 aliphatic rings. The third kappa shape index (κ3) is 6.90. The number of aromatic nitrogens is 6. The summed E-state index contributed by atoms with van der Waals surface area (Å²) in [5, 5.41) is 13.7.